The van der Waals surface area contributed by atoms with Crippen LogP contribution in [0.4, 0.5) is 0 Å². The van der Waals surface area contributed by atoms with Crippen LogP contribution in [0.2, 0.25) is 0 Å². The fourth-order valence-electron chi connectivity index (χ4n) is 7.58. The van der Waals surface area contributed by atoms with Gasteiger partial charge in [-0.15, -0.1) is 11.3 Å². The predicted octanol–water partition coefficient (Wildman–Crippen LogP) is 6.06. The van der Waals surface area contributed by atoms with Crippen LogP contribution >= 0.6 is 11.3 Å². The molecular formula is C26H31NO2S. The number of phenolic OH excluding ortho intramolecular Hbond substituents is 1. The van der Waals surface area contributed by atoms with Crippen molar-refractivity contribution in [2.45, 2.75) is 64.9 Å². The molecule has 2 N–H and O–H groups in total. The van der Waals surface area contributed by atoms with Crippen LogP contribution in [0, 0.1) is 28.6 Å². The average molecular weight is 422 g/mol. The van der Waals surface area contributed by atoms with E-state index in [4.69, 9.17) is 4.98 Å². The van der Waals surface area contributed by atoms with Gasteiger partial charge in [0, 0.05) is 5.56 Å². The minimum Gasteiger partial charge on any atom is -0.508 e. The number of fused-ring (bicyclic) bond motifs is 7. The molecule has 0 spiro atoms. The highest BCUT2D eigenvalue weighted by atomic mass is 32.1. The summed E-state index contributed by atoms with van der Waals surface area (Å²) in [4.78, 5) is 6.42. The largest absolute Gasteiger partial charge is 0.508 e. The van der Waals surface area contributed by atoms with Crippen molar-refractivity contribution in [2.24, 2.45) is 28.6 Å². The van der Waals surface area contributed by atoms with Crippen LogP contribution in [0.25, 0.3) is 16.1 Å². The van der Waals surface area contributed by atoms with Crippen molar-refractivity contribution in [3.63, 3.8) is 0 Å². The predicted molar refractivity (Wildman–Crippen MR) is 121 cm³/mol. The SMILES string of the molecule is C[C@]12CCc3nc(-c4ccc(O)cc4)sc3C1=CC[C@@H]1[C@@H]2CC[C@]2(C)C(O)CC[C@@H]12. The Hall–Kier alpha value is -1.65. The Balaban J connectivity index is 1.38. The number of benzene rings is 1. The maximum Gasteiger partial charge on any atom is 0.124 e. The molecule has 1 heterocycles. The van der Waals surface area contributed by atoms with E-state index in [0.717, 1.165) is 41.7 Å². The van der Waals surface area contributed by atoms with Gasteiger partial charge >= 0.3 is 0 Å². The topological polar surface area (TPSA) is 53.4 Å². The van der Waals surface area contributed by atoms with E-state index in [1.807, 2.05) is 23.5 Å². The van der Waals surface area contributed by atoms with E-state index in [1.54, 1.807) is 17.7 Å². The standard InChI is InChI=1S/C26H31NO2S/c1-25-14-12-21-23(30-24(27-21)15-3-5-16(28)6-4-15)20(25)8-7-17-18-9-10-22(29)26(18,2)13-11-19(17)25/h3-6,8,17-19,22,28-29H,7,9-14H2,1-2H3/t17-,18-,19-,22?,25+,26-/m0/s1. The van der Waals surface area contributed by atoms with E-state index in [-0.39, 0.29) is 16.9 Å². The number of rotatable bonds is 1. The van der Waals surface area contributed by atoms with Crippen LogP contribution in [0.15, 0.2) is 30.3 Å². The molecule has 0 saturated heterocycles. The van der Waals surface area contributed by atoms with Gasteiger partial charge in [0.2, 0.25) is 0 Å². The quantitative estimate of drug-likeness (QED) is 0.588. The first kappa shape index (κ1) is 19.1. The number of hydrogen-bond acceptors (Lipinski definition) is 4. The smallest absolute Gasteiger partial charge is 0.124 e. The first-order valence-corrected chi connectivity index (χ1v) is 12.4. The second kappa shape index (κ2) is 6.43. The number of aliphatic hydroxyl groups is 1. The Bertz CT molecular complexity index is 1020. The van der Waals surface area contributed by atoms with Gasteiger partial charge in [-0.3, -0.25) is 0 Å². The monoisotopic (exact) mass is 421 g/mol. The number of aromatic nitrogens is 1. The van der Waals surface area contributed by atoms with Crippen molar-refractivity contribution in [1.29, 1.82) is 0 Å². The summed E-state index contributed by atoms with van der Waals surface area (Å²) in [6.45, 7) is 4.88. The normalized spacial score (nSPS) is 39.5. The van der Waals surface area contributed by atoms with Crippen LogP contribution < -0.4 is 0 Å². The summed E-state index contributed by atoms with van der Waals surface area (Å²) in [6.07, 6.45) is 10.5. The average Bonchev–Trinajstić information content (AvgIpc) is 3.29. The molecule has 0 aliphatic heterocycles. The minimum absolute atomic E-state index is 0.103. The molecule has 1 unspecified atom stereocenters. The third-order valence-electron chi connectivity index (χ3n) is 9.35. The van der Waals surface area contributed by atoms with Gasteiger partial charge in [-0.05, 0) is 103 Å². The lowest BCUT2D eigenvalue weighted by Crippen LogP contribution is -2.50. The van der Waals surface area contributed by atoms with Crippen LogP contribution in [0.3, 0.4) is 0 Å². The number of thiazole rings is 1. The van der Waals surface area contributed by atoms with E-state index < -0.39 is 0 Å². The molecular weight excluding hydrogens is 390 g/mol. The van der Waals surface area contributed by atoms with E-state index in [9.17, 15) is 10.2 Å². The summed E-state index contributed by atoms with van der Waals surface area (Å²) in [6, 6.07) is 7.44. The molecule has 2 saturated carbocycles. The fourth-order valence-corrected chi connectivity index (χ4v) is 8.87. The molecule has 6 rings (SSSR count). The van der Waals surface area contributed by atoms with Crippen molar-refractivity contribution in [3.05, 3.63) is 40.9 Å². The summed E-state index contributed by atoms with van der Waals surface area (Å²) in [5.41, 5.74) is 4.29. The van der Waals surface area contributed by atoms with Crippen molar-refractivity contribution in [3.8, 4) is 16.3 Å². The summed E-state index contributed by atoms with van der Waals surface area (Å²) in [5, 5.41) is 21.4. The molecule has 1 aromatic carbocycles. The van der Waals surface area contributed by atoms with Gasteiger partial charge < -0.3 is 10.2 Å². The van der Waals surface area contributed by atoms with Crippen molar-refractivity contribution in [2.75, 3.05) is 0 Å². The van der Waals surface area contributed by atoms with Crippen molar-refractivity contribution >= 4 is 16.9 Å². The second-order valence-corrected chi connectivity index (χ2v) is 11.6. The van der Waals surface area contributed by atoms with Crippen LogP contribution in [-0.4, -0.2) is 21.3 Å². The molecule has 4 aliphatic carbocycles. The molecule has 2 aromatic rings. The lowest BCUT2D eigenvalue weighted by molar-refractivity contribution is -0.0579. The number of phenols is 1. The van der Waals surface area contributed by atoms with Crippen LogP contribution in [0.5, 0.6) is 5.75 Å². The molecule has 2 fully saturated rings. The minimum atomic E-state index is -0.103. The number of allylic oxidation sites excluding steroid dienone is 2. The highest BCUT2D eigenvalue weighted by Crippen LogP contribution is 2.66. The van der Waals surface area contributed by atoms with Gasteiger partial charge in [-0.25, -0.2) is 4.98 Å². The Labute approximate surface area is 182 Å². The molecule has 0 amide bonds. The van der Waals surface area contributed by atoms with Crippen molar-refractivity contribution in [1.82, 2.24) is 4.98 Å². The number of aromatic hydroxyl groups is 1. The molecule has 30 heavy (non-hydrogen) atoms. The molecule has 158 valence electrons. The number of aryl methyl sites for hydroxylation is 1. The van der Waals surface area contributed by atoms with Gasteiger partial charge in [-0.2, -0.15) is 0 Å². The Morgan fingerprint density at radius 3 is 2.63 bits per heavy atom. The van der Waals surface area contributed by atoms with Gasteiger partial charge in [0.25, 0.3) is 0 Å². The van der Waals surface area contributed by atoms with Gasteiger partial charge in [0.05, 0.1) is 16.7 Å². The first-order chi connectivity index (χ1) is 14.4. The highest BCUT2D eigenvalue weighted by Gasteiger charge is 2.58. The molecule has 4 aliphatic rings. The molecule has 1 aromatic heterocycles. The summed E-state index contributed by atoms with van der Waals surface area (Å²) < 4.78 is 0. The lowest BCUT2D eigenvalue weighted by atomic mass is 9.48. The zero-order valence-electron chi connectivity index (χ0n) is 17.9. The van der Waals surface area contributed by atoms with Crippen LogP contribution in [0.1, 0.15) is 62.9 Å². The summed E-state index contributed by atoms with van der Waals surface area (Å²) in [5.74, 6) is 2.43. The molecule has 6 atom stereocenters. The van der Waals surface area contributed by atoms with E-state index in [2.05, 4.69) is 19.9 Å². The van der Waals surface area contributed by atoms with E-state index in [1.165, 1.54) is 36.3 Å². The Morgan fingerprint density at radius 1 is 1.03 bits per heavy atom. The molecule has 0 bridgehead atoms. The molecule has 4 heteroatoms. The van der Waals surface area contributed by atoms with Crippen molar-refractivity contribution < 1.29 is 10.2 Å². The Morgan fingerprint density at radius 2 is 1.83 bits per heavy atom. The Kier molecular flexibility index (Phi) is 4.09. The van der Waals surface area contributed by atoms with Crippen LogP contribution in [-0.2, 0) is 6.42 Å². The lowest BCUT2D eigenvalue weighted by Gasteiger charge is -2.56. The molecule has 0 radical (unpaired) electrons. The van der Waals surface area contributed by atoms with E-state index >= 15 is 0 Å². The second-order valence-electron chi connectivity index (χ2n) is 10.6. The fraction of sp³-hybridized carbons (Fsp3) is 0.577. The number of nitrogens with zero attached hydrogens (tertiary/aromatic N) is 1. The summed E-state index contributed by atoms with van der Waals surface area (Å²) >= 11 is 1.84. The van der Waals surface area contributed by atoms with E-state index in [0.29, 0.717) is 11.7 Å². The third kappa shape index (κ3) is 2.50. The van der Waals surface area contributed by atoms with Gasteiger partial charge in [0.1, 0.15) is 10.8 Å². The maximum absolute atomic E-state index is 10.7. The summed E-state index contributed by atoms with van der Waals surface area (Å²) in [7, 11) is 0. The van der Waals surface area contributed by atoms with Gasteiger partial charge in [0.15, 0.2) is 0 Å². The third-order valence-corrected chi connectivity index (χ3v) is 10.5. The maximum atomic E-state index is 10.7. The zero-order chi connectivity index (χ0) is 20.7. The number of hydrogen-bond donors (Lipinski definition) is 2. The first-order valence-electron chi connectivity index (χ1n) is 11.6. The zero-order valence-corrected chi connectivity index (χ0v) is 18.7. The number of aliphatic hydroxyl groups excluding tert-OH is 1. The van der Waals surface area contributed by atoms with Gasteiger partial charge in [-0.1, -0.05) is 19.9 Å². The highest BCUT2D eigenvalue weighted by molar-refractivity contribution is 7.16. The molecule has 3 nitrogen and oxygen atoms in total.